The molecule has 1 aliphatic heterocycles. The molecule has 0 spiro atoms. The van der Waals surface area contributed by atoms with Crippen LogP contribution < -0.4 is 20.5 Å². The first-order valence-electron chi connectivity index (χ1n) is 10.7. The maximum atomic E-state index is 13.4. The van der Waals surface area contributed by atoms with Crippen molar-refractivity contribution >= 4 is 22.6 Å². The van der Waals surface area contributed by atoms with Crippen molar-refractivity contribution in [2.75, 3.05) is 38.2 Å². The highest BCUT2D eigenvalue weighted by atomic mass is 16.5. The summed E-state index contributed by atoms with van der Waals surface area (Å²) in [7, 11) is 1.54. The normalized spacial score (nSPS) is 14.2. The molecule has 1 fully saturated rings. The topological polar surface area (TPSA) is 105 Å². The Morgan fingerprint density at radius 1 is 1.31 bits per heavy atom. The van der Waals surface area contributed by atoms with Gasteiger partial charge >= 0.3 is 0 Å². The lowest BCUT2D eigenvalue weighted by atomic mass is 10.1. The Balaban J connectivity index is 1.78. The van der Waals surface area contributed by atoms with Gasteiger partial charge in [0.05, 0.1) is 20.0 Å². The van der Waals surface area contributed by atoms with Crippen LogP contribution >= 0.6 is 0 Å². The van der Waals surface area contributed by atoms with E-state index < -0.39 is 0 Å². The van der Waals surface area contributed by atoms with E-state index in [-0.39, 0.29) is 17.9 Å². The van der Waals surface area contributed by atoms with Crippen molar-refractivity contribution in [1.82, 2.24) is 19.4 Å². The maximum Gasteiger partial charge on any atom is 0.278 e. The molecular weight excluding hydrogens is 408 g/mol. The van der Waals surface area contributed by atoms with Gasteiger partial charge in [0, 0.05) is 31.7 Å². The number of rotatable bonds is 6. The van der Waals surface area contributed by atoms with E-state index in [2.05, 4.69) is 21.3 Å². The van der Waals surface area contributed by atoms with Crippen molar-refractivity contribution in [3.05, 3.63) is 52.1 Å². The standard InChI is InChI=1S/C23H26N6O3/c1-3-29-21-20(18(13-24)22(29)27-10-5-8-25-9-11-27)26-15-28(23(21)31)14-19(30)16-6-4-7-17(12-16)32-2/h4,6-7,12,15,25H,3,5,8-11,14H2,1-2H3. The Labute approximate surface area is 185 Å². The highest BCUT2D eigenvalue weighted by Crippen LogP contribution is 2.30. The smallest absolute Gasteiger partial charge is 0.278 e. The number of anilines is 1. The molecule has 0 saturated carbocycles. The fourth-order valence-electron chi connectivity index (χ4n) is 4.20. The summed E-state index contributed by atoms with van der Waals surface area (Å²) in [5.41, 5.74) is 1.28. The Morgan fingerprint density at radius 3 is 2.91 bits per heavy atom. The molecule has 1 saturated heterocycles. The van der Waals surface area contributed by atoms with Gasteiger partial charge in [-0.05, 0) is 32.0 Å². The molecule has 2 aromatic heterocycles. The first-order chi connectivity index (χ1) is 15.6. The predicted molar refractivity (Wildman–Crippen MR) is 121 cm³/mol. The van der Waals surface area contributed by atoms with Crippen LogP contribution in [-0.2, 0) is 13.1 Å². The van der Waals surface area contributed by atoms with Crippen LogP contribution in [0.25, 0.3) is 11.0 Å². The largest absolute Gasteiger partial charge is 0.497 e. The highest BCUT2D eigenvalue weighted by Gasteiger charge is 2.26. The molecule has 4 rings (SSSR count). The minimum atomic E-state index is -0.330. The molecule has 3 aromatic rings. The van der Waals surface area contributed by atoms with Gasteiger partial charge in [-0.1, -0.05) is 12.1 Å². The van der Waals surface area contributed by atoms with Gasteiger partial charge in [0.25, 0.3) is 5.56 Å². The minimum absolute atomic E-state index is 0.144. The summed E-state index contributed by atoms with van der Waals surface area (Å²) >= 11 is 0. The number of ketones is 1. The SMILES string of the molecule is CCn1c(N2CCCNCC2)c(C#N)c2ncn(CC(=O)c3cccc(OC)c3)c(=O)c21. The average molecular weight is 435 g/mol. The third-order valence-electron chi connectivity index (χ3n) is 5.77. The molecule has 3 heterocycles. The number of methoxy groups -OCH3 is 1. The fraction of sp³-hybridized carbons (Fsp3) is 0.391. The average Bonchev–Trinajstić information content (AvgIpc) is 2.94. The van der Waals surface area contributed by atoms with Crippen LogP contribution in [0.2, 0.25) is 0 Å². The number of nitrogens with zero attached hydrogens (tertiary/aromatic N) is 5. The molecule has 0 radical (unpaired) electrons. The number of Topliss-reactive ketones (excluding diaryl/α,β-unsaturated/α-hetero) is 1. The van der Waals surface area contributed by atoms with Crippen LogP contribution in [0.1, 0.15) is 29.3 Å². The Kier molecular flexibility index (Phi) is 6.23. The van der Waals surface area contributed by atoms with Gasteiger partial charge in [-0.25, -0.2) is 4.98 Å². The van der Waals surface area contributed by atoms with Gasteiger partial charge in [-0.3, -0.25) is 14.2 Å². The molecule has 0 amide bonds. The van der Waals surface area contributed by atoms with Gasteiger partial charge in [-0.15, -0.1) is 0 Å². The minimum Gasteiger partial charge on any atom is -0.497 e. The molecule has 0 atom stereocenters. The number of aromatic nitrogens is 3. The highest BCUT2D eigenvalue weighted by molar-refractivity contribution is 5.96. The number of carbonyl (C=O) groups is 1. The summed E-state index contributed by atoms with van der Waals surface area (Å²) in [6.45, 7) is 5.58. The zero-order valence-electron chi connectivity index (χ0n) is 18.3. The molecule has 1 aliphatic rings. The molecule has 1 aromatic carbocycles. The molecular formula is C23H26N6O3. The van der Waals surface area contributed by atoms with E-state index in [1.165, 1.54) is 18.0 Å². The third-order valence-corrected chi connectivity index (χ3v) is 5.77. The van der Waals surface area contributed by atoms with Crippen LogP contribution in [0.4, 0.5) is 5.82 Å². The molecule has 0 unspecified atom stereocenters. The van der Waals surface area contributed by atoms with Crippen LogP contribution in [0.15, 0.2) is 35.4 Å². The number of hydrogen-bond acceptors (Lipinski definition) is 7. The Hall–Kier alpha value is -3.64. The van der Waals surface area contributed by atoms with Crippen LogP contribution in [-0.4, -0.2) is 53.2 Å². The molecule has 9 nitrogen and oxygen atoms in total. The lowest BCUT2D eigenvalue weighted by molar-refractivity contribution is 0.0970. The van der Waals surface area contributed by atoms with Crippen molar-refractivity contribution in [1.29, 1.82) is 5.26 Å². The summed E-state index contributed by atoms with van der Waals surface area (Å²) < 4.78 is 8.36. The van der Waals surface area contributed by atoms with Gasteiger partial charge < -0.3 is 19.5 Å². The number of carbonyl (C=O) groups excluding carboxylic acids is 1. The molecule has 9 heteroatoms. The van der Waals surface area contributed by atoms with E-state index in [9.17, 15) is 14.9 Å². The second kappa shape index (κ2) is 9.24. The van der Waals surface area contributed by atoms with Gasteiger partial charge in [-0.2, -0.15) is 5.26 Å². The van der Waals surface area contributed by atoms with Crippen molar-refractivity contribution in [2.24, 2.45) is 0 Å². The van der Waals surface area contributed by atoms with Crippen molar-refractivity contribution in [3.63, 3.8) is 0 Å². The first kappa shape index (κ1) is 21.6. The maximum absolute atomic E-state index is 13.4. The summed E-state index contributed by atoms with van der Waals surface area (Å²) in [6, 6.07) is 9.09. The van der Waals surface area contributed by atoms with E-state index in [0.29, 0.717) is 34.5 Å². The zero-order chi connectivity index (χ0) is 22.7. The molecule has 0 aliphatic carbocycles. The number of fused-ring (bicyclic) bond motifs is 1. The second-order valence-corrected chi connectivity index (χ2v) is 7.68. The third kappa shape index (κ3) is 3.85. The van der Waals surface area contributed by atoms with E-state index in [4.69, 9.17) is 4.74 Å². The van der Waals surface area contributed by atoms with Crippen LogP contribution in [0.3, 0.4) is 0 Å². The van der Waals surface area contributed by atoms with E-state index in [1.807, 2.05) is 11.5 Å². The van der Waals surface area contributed by atoms with E-state index >= 15 is 0 Å². The number of aryl methyl sites for hydroxylation is 1. The second-order valence-electron chi connectivity index (χ2n) is 7.68. The zero-order valence-corrected chi connectivity index (χ0v) is 18.3. The van der Waals surface area contributed by atoms with E-state index in [0.717, 1.165) is 38.4 Å². The number of hydrogen-bond donors (Lipinski definition) is 1. The molecule has 32 heavy (non-hydrogen) atoms. The van der Waals surface area contributed by atoms with E-state index in [1.54, 1.807) is 24.3 Å². The molecule has 0 bridgehead atoms. The Bertz CT molecular complexity index is 1250. The summed E-state index contributed by atoms with van der Waals surface area (Å²) in [4.78, 5) is 32.8. The first-order valence-corrected chi connectivity index (χ1v) is 10.7. The van der Waals surface area contributed by atoms with Crippen LogP contribution in [0.5, 0.6) is 5.75 Å². The summed E-state index contributed by atoms with van der Waals surface area (Å²) in [5.74, 6) is 1.09. The monoisotopic (exact) mass is 434 g/mol. The lowest BCUT2D eigenvalue weighted by Gasteiger charge is -2.24. The van der Waals surface area contributed by atoms with Crippen molar-refractivity contribution in [3.8, 4) is 11.8 Å². The summed E-state index contributed by atoms with van der Waals surface area (Å²) in [6.07, 6.45) is 2.31. The number of benzene rings is 1. The van der Waals surface area contributed by atoms with Crippen LogP contribution in [0, 0.1) is 11.3 Å². The van der Waals surface area contributed by atoms with Crippen molar-refractivity contribution < 1.29 is 9.53 Å². The van der Waals surface area contributed by atoms with Gasteiger partial charge in [0.2, 0.25) is 0 Å². The molecule has 166 valence electrons. The number of ether oxygens (including phenoxy) is 1. The number of nitriles is 1. The van der Waals surface area contributed by atoms with Crippen molar-refractivity contribution in [2.45, 2.75) is 26.4 Å². The lowest BCUT2D eigenvalue weighted by Crippen LogP contribution is -2.31. The Morgan fingerprint density at radius 2 is 2.16 bits per heavy atom. The fourth-order valence-corrected chi connectivity index (χ4v) is 4.20. The van der Waals surface area contributed by atoms with Gasteiger partial charge in [0.15, 0.2) is 5.78 Å². The molecule has 1 N–H and O–H groups in total. The predicted octanol–water partition coefficient (Wildman–Crippen LogP) is 1.78. The number of nitrogens with one attached hydrogen (secondary N) is 1. The quantitative estimate of drug-likeness (QED) is 0.590. The summed E-state index contributed by atoms with van der Waals surface area (Å²) in [5, 5.41) is 13.3. The van der Waals surface area contributed by atoms with Gasteiger partial charge in [0.1, 0.15) is 34.2 Å².